The molecule has 0 aliphatic carbocycles. The maximum absolute atomic E-state index is 9.64. The molecule has 12 heavy (non-hydrogen) atoms. The third-order valence-electron chi connectivity index (χ3n) is 1.81. The summed E-state index contributed by atoms with van der Waals surface area (Å²) in [6.07, 6.45) is 2.49. The Morgan fingerprint density at radius 3 is 3.00 bits per heavy atom. The van der Waals surface area contributed by atoms with Gasteiger partial charge in [-0.2, -0.15) is 0 Å². The first-order valence-electron chi connectivity index (χ1n) is 4.00. The molecule has 0 aromatic carbocycles. The van der Waals surface area contributed by atoms with Gasteiger partial charge in [-0.1, -0.05) is 6.92 Å². The van der Waals surface area contributed by atoms with E-state index in [-0.39, 0.29) is 0 Å². The smallest absolute Gasteiger partial charge is 0.182 e. The van der Waals surface area contributed by atoms with Crippen LogP contribution in [0.2, 0.25) is 0 Å². The fourth-order valence-corrected chi connectivity index (χ4v) is 1.23. The standard InChI is InChI=1S/C8H14N2OS/c1-3-8(2,11)6-10-7-9-4-5-12-7/h4-5,11H,3,6H2,1-2H3,(H,9,10). The van der Waals surface area contributed by atoms with Crippen LogP contribution in [0, 0.1) is 0 Å². The van der Waals surface area contributed by atoms with E-state index in [4.69, 9.17) is 0 Å². The Labute approximate surface area is 76.5 Å². The number of thiazole rings is 1. The summed E-state index contributed by atoms with van der Waals surface area (Å²) in [5.74, 6) is 0. The second-order valence-corrected chi connectivity index (χ2v) is 3.94. The van der Waals surface area contributed by atoms with Crippen molar-refractivity contribution in [2.45, 2.75) is 25.9 Å². The van der Waals surface area contributed by atoms with Gasteiger partial charge in [0.2, 0.25) is 0 Å². The van der Waals surface area contributed by atoms with E-state index in [9.17, 15) is 5.11 Å². The second kappa shape index (κ2) is 3.87. The first-order chi connectivity index (χ1) is 5.64. The molecule has 0 aliphatic heterocycles. The van der Waals surface area contributed by atoms with Crippen molar-refractivity contribution in [3.05, 3.63) is 11.6 Å². The minimum Gasteiger partial charge on any atom is -0.388 e. The predicted octanol–water partition coefficient (Wildman–Crippen LogP) is 1.72. The highest BCUT2D eigenvalue weighted by Gasteiger charge is 2.16. The van der Waals surface area contributed by atoms with Crippen molar-refractivity contribution in [3.8, 4) is 0 Å². The highest BCUT2D eigenvalue weighted by atomic mass is 32.1. The van der Waals surface area contributed by atoms with Crippen molar-refractivity contribution in [3.63, 3.8) is 0 Å². The van der Waals surface area contributed by atoms with E-state index in [1.165, 1.54) is 0 Å². The predicted molar refractivity (Wildman–Crippen MR) is 51.5 cm³/mol. The summed E-state index contributed by atoms with van der Waals surface area (Å²) in [4.78, 5) is 4.05. The van der Waals surface area contributed by atoms with E-state index >= 15 is 0 Å². The van der Waals surface area contributed by atoms with Crippen molar-refractivity contribution in [2.75, 3.05) is 11.9 Å². The van der Waals surface area contributed by atoms with Gasteiger partial charge in [0.05, 0.1) is 5.60 Å². The Bertz CT molecular complexity index is 221. The minimum absolute atomic E-state index is 0.553. The Morgan fingerprint density at radius 1 is 1.75 bits per heavy atom. The maximum atomic E-state index is 9.64. The summed E-state index contributed by atoms with van der Waals surface area (Å²) in [7, 11) is 0. The van der Waals surface area contributed by atoms with E-state index in [0.29, 0.717) is 6.54 Å². The number of rotatable bonds is 4. The van der Waals surface area contributed by atoms with Crippen LogP contribution in [0.3, 0.4) is 0 Å². The van der Waals surface area contributed by atoms with Gasteiger partial charge in [-0.25, -0.2) is 4.98 Å². The summed E-state index contributed by atoms with van der Waals surface area (Å²) in [6, 6.07) is 0. The lowest BCUT2D eigenvalue weighted by atomic mass is 10.0. The summed E-state index contributed by atoms with van der Waals surface area (Å²) in [5.41, 5.74) is -0.633. The highest BCUT2D eigenvalue weighted by molar-refractivity contribution is 7.13. The van der Waals surface area contributed by atoms with Crippen LogP contribution in [0.1, 0.15) is 20.3 Å². The molecular formula is C8H14N2OS. The Morgan fingerprint density at radius 2 is 2.50 bits per heavy atom. The molecule has 1 atom stereocenters. The largest absolute Gasteiger partial charge is 0.388 e. The molecule has 0 spiro atoms. The molecule has 4 heteroatoms. The Kier molecular flexibility index (Phi) is 3.05. The van der Waals surface area contributed by atoms with Crippen LogP contribution in [0.5, 0.6) is 0 Å². The molecule has 0 fully saturated rings. The number of anilines is 1. The van der Waals surface area contributed by atoms with Crippen LogP contribution in [0.4, 0.5) is 5.13 Å². The highest BCUT2D eigenvalue weighted by Crippen LogP contribution is 2.14. The molecule has 1 aromatic rings. The first-order valence-corrected chi connectivity index (χ1v) is 4.88. The van der Waals surface area contributed by atoms with Crippen LogP contribution >= 0.6 is 11.3 Å². The quantitative estimate of drug-likeness (QED) is 0.752. The second-order valence-electron chi connectivity index (χ2n) is 3.04. The van der Waals surface area contributed by atoms with Crippen LogP contribution in [0.25, 0.3) is 0 Å². The lowest BCUT2D eigenvalue weighted by molar-refractivity contribution is 0.0697. The van der Waals surface area contributed by atoms with Crippen molar-refractivity contribution in [2.24, 2.45) is 0 Å². The molecule has 1 unspecified atom stereocenters. The van der Waals surface area contributed by atoms with Crippen LogP contribution < -0.4 is 5.32 Å². The van der Waals surface area contributed by atoms with Gasteiger partial charge in [0.25, 0.3) is 0 Å². The summed E-state index contributed by atoms with van der Waals surface area (Å²) < 4.78 is 0. The lowest BCUT2D eigenvalue weighted by Gasteiger charge is -2.20. The Hall–Kier alpha value is -0.610. The molecule has 1 rings (SSSR count). The normalized spacial score (nSPS) is 15.6. The molecule has 0 saturated carbocycles. The Balaban J connectivity index is 2.36. The topological polar surface area (TPSA) is 45.1 Å². The van der Waals surface area contributed by atoms with E-state index < -0.39 is 5.60 Å². The molecule has 0 radical (unpaired) electrons. The first kappa shape index (κ1) is 9.48. The number of aromatic nitrogens is 1. The molecule has 0 amide bonds. The van der Waals surface area contributed by atoms with Gasteiger partial charge in [-0.05, 0) is 13.3 Å². The maximum Gasteiger partial charge on any atom is 0.182 e. The molecular weight excluding hydrogens is 172 g/mol. The van der Waals surface area contributed by atoms with Crippen molar-refractivity contribution >= 4 is 16.5 Å². The van der Waals surface area contributed by atoms with Crippen molar-refractivity contribution in [1.82, 2.24) is 4.98 Å². The van der Waals surface area contributed by atoms with E-state index in [0.717, 1.165) is 11.6 Å². The van der Waals surface area contributed by atoms with Gasteiger partial charge in [0.1, 0.15) is 0 Å². The zero-order valence-corrected chi connectivity index (χ0v) is 8.19. The van der Waals surface area contributed by atoms with Crippen molar-refractivity contribution < 1.29 is 5.11 Å². The van der Waals surface area contributed by atoms with Crippen LogP contribution in [0.15, 0.2) is 11.6 Å². The van der Waals surface area contributed by atoms with Gasteiger partial charge in [-0.3, -0.25) is 0 Å². The third kappa shape index (κ3) is 2.79. The number of hydrogen-bond acceptors (Lipinski definition) is 4. The number of hydrogen-bond donors (Lipinski definition) is 2. The third-order valence-corrected chi connectivity index (χ3v) is 2.55. The SMILES string of the molecule is CCC(C)(O)CNc1nccs1. The van der Waals surface area contributed by atoms with Gasteiger partial charge in [0.15, 0.2) is 5.13 Å². The number of nitrogens with zero attached hydrogens (tertiary/aromatic N) is 1. The number of nitrogens with one attached hydrogen (secondary N) is 1. The summed E-state index contributed by atoms with van der Waals surface area (Å²) in [5, 5.41) is 15.5. The fraction of sp³-hybridized carbons (Fsp3) is 0.625. The van der Waals surface area contributed by atoms with Crippen molar-refractivity contribution in [1.29, 1.82) is 0 Å². The van der Waals surface area contributed by atoms with Crippen LogP contribution in [-0.4, -0.2) is 22.2 Å². The monoisotopic (exact) mass is 186 g/mol. The average Bonchev–Trinajstić information content (AvgIpc) is 2.53. The summed E-state index contributed by atoms with van der Waals surface area (Å²) >= 11 is 1.54. The molecule has 2 N–H and O–H groups in total. The molecule has 0 saturated heterocycles. The van der Waals surface area contributed by atoms with Gasteiger partial charge >= 0.3 is 0 Å². The molecule has 3 nitrogen and oxygen atoms in total. The van der Waals surface area contributed by atoms with E-state index in [1.807, 2.05) is 19.2 Å². The van der Waals surface area contributed by atoms with Gasteiger partial charge in [0, 0.05) is 18.1 Å². The average molecular weight is 186 g/mol. The van der Waals surface area contributed by atoms with Gasteiger partial charge < -0.3 is 10.4 Å². The van der Waals surface area contributed by atoms with E-state index in [1.54, 1.807) is 17.5 Å². The lowest BCUT2D eigenvalue weighted by Crippen LogP contribution is -2.32. The fourth-order valence-electron chi connectivity index (χ4n) is 0.702. The van der Waals surface area contributed by atoms with E-state index in [2.05, 4.69) is 10.3 Å². The number of aliphatic hydroxyl groups is 1. The van der Waals surface area contributed by atoms with Crippen LogP contribution in [-0.2, 0) is 0 Å². The minimum atomic E-state index is -0.633. The van der Waals surface area contributed by atoms with Gasteiger partial charge in [-0.15, -0.1) is 11.3 Å². The zero-order chi connectivity index (χ0) is 9.03. The molecule has 1 aromatic heterocycles. The molecule has 68 valence electrons. The molecule has 0 bridgehead atoms. The zero-order valence-electron chi connectivity index (χ0n) is 7.37. The summed E-state index contributed by atoms with van der Waals surface area (Å²) in [6.45, 7) is 4.33. The molecule has 0 aliphatic rings. The molecule has 1 heterocycles.